The number of benzene rings is 1. The fourth-order valence-electron chi connectivity index (χ4n) is 1.92. The van der Waals surface area contributed by atoms with E-state index >= 15 is 0 Å². The molecule has 0 saturated carbocycles. The topological polar surface area (TPSA) is 32.3 Å². The van der Waals surface area contributed by atoms with E-state index in [9.17, 15) is 9.50 Å². The van der Waals surface area contributed by atoms with Gasteiger partial charge < -0.3 is 10.4 Å². The molecule has 2 N–H and O–H groups in total. The summed E-state index contributed by atoms with van der Waals surface area (Å²) in [5.41, 5.74) is 1.37. The van der Waals surface area contributed by atoms with Crippen LogP contribution in [0.2, 0.25) is 0 Å². The molecule has 0 spiro atoms. The lowest BCUT2D eigenvalue weighted by Crippen LogP contribution is -2.45. The SMILES string of the molecule is CCCC(C)(CO)NCc1cc(C)ccc1F. The van der Waals surface area contributed by atoms with Crippen molar-refractivity contribution in [2.45, 2.75) is 45.7 Å². The first kappa shape index (κ1) is 14.1. The molecule has 1 aromatic carbocycles. The second kappa shape index (κ2) is 6.12. The Hall–Kier alpha value is -0.930. The Kier molecular flexibility index (Phi) is 5.09. The minimum absolute atomic E-state index is 0.0638. The van der Waals surface area contributed by atoms with Gasteiger partial charge in [0, 0.05) is 17.6 Å². The van der Waals surface area contributed by atoms with Gasteiger partial charge in [-0.1, -0.05) is 31.0 Å². The number of aliphatic hydroxyl groups excluding tert-OH is 1. The zero-order chi connectivity index (χ0) is 12.9. The molecule has 1 unspecified atom stereocenters. The molecule has 0 fully saturated rings. The van der Waals surface area contributed by atoms with Crippen molar-refractivity contribution in [1.29, 1.82) is 0 Å². The van der Waals surface area contributed by atoms with Gasteiger partial charge in [-0.05, 0) is 26.3 Å². The van der Waals surface area contributed by atoms with Gasteiger partial charge >= 0.3 is 0 Å². The van der Waals surface area contributed by atoms with Gasteiger partial charge in [0.2, 0.25) is 0 Å². The third-order valence-corrected chi connectivity index (χ3v) is 3.06. The van der Waals surface area contributed by atoms with Crippen molar-refractivity contribution in [3.8, 4) is 0 Å². The lowest BCUT2D eigenvalue weighted by molar-refractivity contribution is 0.163. The number of halogens is 1. The maximum absolute atomic E-state index is 13.5. The van der Waals surface area contributed by atoms with Crippen molar-refractivity contribution < 1.29 is 9.50 Å². The Balaban J connectivity index is 2.68. The van der Waals surface area contributed by atoms with Gasteiger partial charge in [-0.25, -0.2) is 4.39 Å². The molecule has 0 heterocycles. The Labute approximate surface area is 103 Å². The van der Waals surface area contributed by atoms with Crippen LogP contribution in [0.5, 0.6) is 0 Å². The Bertz CT molecular complexity index is 367. The molecule has 3 heteroatoms. The van der Waals surface area contributed by atoms with Crippen molar-refractivity contribution in [2.75, 3.05) is 6.61 Å². The Morgan fingerprint density at radius 1 is 1.41 bits per heavy atom. The lowest BCUT2D eigenvalue weighted by Gasteiger charge is -2.28. The first-order valence-corrected chi connectivity index (χ1v) is 6.11. The summed E-state index contributed by atoms with van der Waals surface area (Å²) in [5, 5.41) is 12.6. The van der Waals surface area contributed by atoms with Crippen LogP contribution >= 0.6 is 0 Å². The van der Waals surface area contributed by atoms with E-state index in [-0.39, 0.29) is 18.0 Å². The third-order valence-electron chi connectivity index (χ3n) is 3.06. The van der Waals surface area contributed by atoms with E-state index in [2.05, 4.69) is 12.2 Å². The molecule has 0 bridgehead atoms. The van der Waals surface area contributed by atoms with E-state index < -0.39 is 0 Å². The van der Waals surface area contributed by atoms with Gasteiger partial charge in [0.1, 0.15) is 5.82 Å². The lowest BCUT2D eigenvalue weighted by atomic mass is 9.96. The fourth-order valence-corrected chi connectivity index (χ4v) is 1.92. The van der Waals surface area contributed by atoms with E-state index in [1.54, 1.807) is 6.07 Å². The summed E-state index contributed by atoms with van der Waals surface area (Å²) in [5.74, 6) is -0.195. The van der Waals surface area contributed by atoms with Crippen LogP contribution < -0.4 is 5.32 Å². The van der Waals surface area contributed by atoms with Crippen LogP contribution in [0, 0.1) is 12.7 Å². The number of hydrogen-bond acceptors (Lipinski definition) is 2. The van der Waals surface area contributed by atoms with Gasteiger partial charge in [-0.15, -0.1) is 0 Å². The van der Waals surface area contributed by atoms with Crippen molar-refractivity contribution in [3.63, 3.8) is 0 Å². The average Bonchev–Trinajstić information content (AvgIpc) is 2.31. The summed E-state index contributed by atoms with van der Waals surface area (Å²) in [6, 6.07) is 5.09. The van der Waals surface area contributed by atoms with E-state index in [4.69, 9.17) is 0 Å². The van der Waals surface area contributed by atoms with Crippen molar-refractivity contribution in [2.24, 2.45) is 0 Å². The zero-order valence-corrected chi connectivity index (χ0v) is 10.9. The number of hydrogen-bond donors (Lipinski definition) is 2. The highest BCUT2D eigenvalue weighted by Gasteiger charge is 2.21. The minimum atomic E-state index is -0.328. The quantitative estimate of drug-likeness (QED) is 0.800. The Morgan fingerprint density at radius 2 is 2.12 bits per heavy atom. The number of aliphatic hydroxyl groups is 1. The summed E-state index contributed by atoms with van der Waals surface area (Å²) in [4.78, 5) is 0. The third kappa shape index (κ3) is 4.10. The molecule has 0 amide bonds. The number of rotatable bonds is 6. The standard InChI is InChI=1S/C14H22FNO/c1-4-7-14(3,10-17)16-9-12-8-11(2)5-6-13(12)15/h5-6,8,16-17H,4,7,9-10H2,1-3H3. The molecule has 96 valence electrons. The van der Waals surface area contributed by atoms with Gasteiger partial charge in [0.15, 0.2) is 0 Å². The van der Waals surface area contributed by atoms with Crippen LogP contribution in [0.3, 0.4) is 0 Å². The molecule has 1 rings (SSSR count). The highest BCUT2D eigenvalue weighted by Crippen LogP contribution is 2.15. The van der Waals surface area contributed by atoms with Crippen LogP contribution in [0.15, 0.2) is 18.2 Å². The highest BCUT2D eigenvalue weighted by molar-refractivity contribution is 5.24. The van der Waals surface area contributed by atoms with Gasteiger partial charge in [0.05, 0.1) is 6.61 Å². The zero-order valence-electron chi connectivity index (χ0n) is 10.9. The van der Waals surface area contributed by atoms with Crippen LogP contribution in [0.25, 0.3) is 0 Å². The van der Waals surface area contributed by atoms with Crippen LogP contribution in [0.1, 0.15) is 37.8 Å². The number of nitrogens with one attached hydrogen (secondary N) is 1. The molecule has 0 aliphatic heterocycles. The molecular weight excluding hydrogens is 217 g/mol. The summed E-state index contributed by atoms with van der Waals surface area (Å²) < 4.78 is 13.5. The predicted molar refractivity (Wildman–Crippen MR) is 68.4 cm³/mol. The molecule has 1 atom stereocenters. The molecule has 17 heavy (non-hydrogen) atoms. The average molecular weight is 239 g/mol. The smallest absolute Gasteiger partial charge is 0.127 e. The monoisotopic (exact) mass is 239 g/mol. The maximum Gasteiger partial charge on any atom is 0.127 e. The molecule has 1 aromatic rings. The molecule has 0 aliphatic rings. The second-order valence-electron chi connectivity index (χ2n) is 4.92. The minimum Gasteiger partial charge on any atom is -0.394 e. The van der Waals surface area contributed by atoms with E-state index in [1.165, 1.54) is 6.07 Å². The van der Waals surface area contributed by atoms with Crippen molar-refractivity contribution in [1.82, 2.24) is 5.32 Å². The summed E-state index contributed by atoms with van der Waals surface area (Å²) in [6.07, 6.45) is 1.86. The molecular formula is C14H22FNO. The van der Waals surface area contributed by atoms with Crippen LogP contribution in [0.4, 0.5) is 4.39 Å². The number of aryl methyl sites for hydroxylation is 1. The van der Waals surface area contributed by atoms with E-state index in [0.717, 1.165) is 18.4 Å². The summed E-state index contributed by atoms with van der Waals surface area (Å²) in [6.45, 7) is 6.49. The molecule has 0 saturated heterocycles. The molecule has 2 nitrogen and oxygen atoms in total. The first-order valence-electron chi connectivity index (χ1n) is 6.11. The molecule has 0 aliphatic carbocycles. The predicted octanol–water partition coefficient (Wildman–Crippen LogP) is 2.77. The largest absolute Gasteiger partial charge is 0.394 e. The second-order valence-corrected chi connectivity index (χ2v) is 4.92. The summed E-state index contributed by atoms with van der Waals surface area (Å²) in [7, 11) is 0. The fraction of sp³-hybridized carbons (Fsp3) is 0.571. The van der Waals surface area contributed by atoms with E-state index in [0.29, 0.717) is 12.1 Å². The van der Waals surface area contributed by atoms with Gasteiger partial charge in [-0.2, -0.15) is 0 Å². The van der Waals surface area contributed by atoms with Gasteiger partial charge in [0.25, 0.3) is 0 Å². The summed E-state index contributed by atoms with van der Waals surface area (Å²) >= 11 is 0. The Morgan fingerprint density at radius 3 is 2.71 bits per heavy atom. The van der Waals surface area contributed by atoms with Crippen LogP contribution in [-0.4, -0.2) is 17.3 Å². The van der Waals surface area contributed by atoms with Crippen molar-refractivity contribution >= 4 is 0 Å². The molecule has 0 aromatic heterocycles. The van der Waals surface area contributed by atoms with Crippen molar-refractivity contribution in [3.05, 3.63) is 35.1 Å². The highest BCUT2D eigenvalue weighted by atomic mass is 19.1. The molecule has 0 radical (unpaired) electrons. The first-order chi connectivity index (χ1) is 8.00. The normalized spacial score (nSPS) is 14.6. The van der Waals surface area contributed by atoms with Gasteiger partial charge in [-0.3, -0.25) is 0 Å². The van der Waals surface area contributed by atoms with E-state index in [1.807, 2.05) is 19.9 Å². The van der Waals surface area contributed by atoms with Crippen LogP contribution in [-0.2, 0) is 6.54 Å². The maximum atomic E-state index is 13.5.